The first kappa shape index (κ1) is 6.62. The maximum Gasteiger partial charge on any atom is 0.0269 e. The molecule has 10 heavy (non-hydrogen) atoms. The van der Waals surface area contributed by atoms with E-state index in [0.29, 0.717) is 6.04 Å². The van der Waals surface area contributed by atoms with Crippen molar-refractivity contribution in [2.24, 2.45) is 17.7 Å². The third kappa shape index (κ3) is 0.867. The van der Waals surface area contributed by atoms with Crippen molar-refractivity contribution >= 4 is 0 Å². The molecule has 2 N–H and O–H groups in total. The van der Waals surface area contributed by atoms with E-state index in [2.05, 4.69) is 0 Å². The summed E-state index contributed by atoms with van der Waals surface area (Å²) in [6.45, 7) is 0. The Labute approximate surface area is 62.4 Å². The Hall–Kier alpha value is -0.0800. The van der Waals surface area contributed by atoms with Crippen molar-refractivity contribution in [3.63, 3.8) is 0 Å². The summed E-state index contributed by atoms with van der Waals surface area (Å²) in [6.07, 6.45) is 5.70. The number of fused-ring (bicyclic) bond motifs is 2. The number of hydrogen-bond donors (Lipinski definition) is 1. The van der Waals surface area contributed by atoms with E-state index in [1.54, 1.807) is 0 Å². The van der Waals surface area contributed by atoms with Crippen LogP contribution in [0.5, 0.6) is 0 Å². The first-order valence-electron chi connectivity index (χ1n) is 4.25. The van der Waals surface area contributed by atoms with Gasteiger partial charge in [0, 0.05) is 13.1 Å². The lowest BCUT2D eigenvalue weighted by atomic mass is 9.95. The topological polar surface area (TPSA) is 29.3 Å². The van der Waals surface area contributed by atoms with Crippen LogP contribution in [0.2, 0.25) is 0 Å². The van der Waals surface area contributed by atoms with Crippen LogP contribution in [-0.4, -0.2) is 18.1 Å². The zero-order valence-corrected chi connectivity index (χ0v) is 6.59. The van der Waals surface area contributed by atoms with Gasteiger partial charge < -0.3 is 0 Å². The largest absolute Gasteiger partial charge is 0.269 e. The first-order chi connectivity index (χ1) is 4.77. The molecule has 3 unspecified atom stereocenters. The Morgan fingerprint density at radius 3 is 2.40 bits per heavy atom. The highest BCUT2D eigenvalue weighted by atomic mass is 15.4. The van der Waals surface area contributed by atoms with Gasteiger partial charge in [0.05, 0.1) is 0 Å². The molecule has 2 aliphatic carbocycles. The van der Waals surface area contributed by atoms with Gasteiger partial charge >= 0.3 is 0 Å². The first-order valence-corrected chi connectivity index (χ1v) is 4.25. The van der Waals surface area contributed by atoms with Gasteiger partial charge in [0.1, 0.15) is 0 Å². The molecule has 0 amide bonds. The summed E-state index contributed by atoms with van der Waals surface area (Å²) in [5.41, 5.74) is 0. The predicted octanol–water partition coefficient (Wildman–Crippen LogP) is 0.980. The number of nitrogens with zero attached hydrogens (tertiary/aromatic N) is 1. The van der Waals surface area contributed by atoms with Crippen LogP contribution in [0, 0.1) is 11.8 Å². The summed E-state index contributed by atoms with van der Waals surface area (Å²) in [6, 6.07) is 0.707. The monoisotopic (exact) mass is 140 g/mol. The fourth-order valence-electron chi connectivity index (χ4n) is 2.71. The Morgan fingerprint density at radius 2 is 2.10 bits per heavy atom. The standard InChI is InChI=1S/C8H16N2/c1-10(9)8-5-6-2-3-7(8)4-6/h6-8H,2-5,9H2,1H3. The highest BCUT2D eigenvalue weighted by Gasteiger charge is 2.40. The molecule has 0 aliphatic heterocycles. The second kappa shape index (κ2) is 2.21. The summed E-state index contributed by atoms with van der Waals surface area (Å²) in [5, 5.41) is 1.92. The maximum absolute atomic E-state index is 5.72. The second-order valence-electron chi connectivity index (χ2n) is 3.91. The lowest BCUT2D eigenvalue weighted by Gasteiger charge is -2.27. The van der Waals surface area contributed by atoms with Crippen LogP contribution in [0.25, 0.3) is 0 Å². The molecule has 0 heterocycles. The number of nitrogens with two attached hydrogens (primary N) is 1. The van der Waals surface area contributed by atoms with Crippen molar-refractivity contribution in [2.45, 2.75) is 31.7 Å². The van der Waals surface area contributed by atoms with E-state index in [-0.39, 0.29) is 0 Å². The van der Waals surface area contributed by atoms with Crippen molar-refractivity contribution in [3.05, 3.63) is 0 Å². The Kier molecular flexibility index (Phi) is 1.46. The minimum Gasteiger partial charge on any atom is -0.269 e. The van der Waals surface area contributed by atoms with Crippen molar-refractivity contribution in [1.82, 2.24) is 5.01 Å². The number of hydrogen-bond acceptors (Lipinski definition) is 2. The van der Waals surface area contributed by atoms with E-state index >= 15 is 0 Å². The average Bonchev–Trinajstić information content (AvgIpc) is 2.44. The van der Waals surface area contributed by atoms with Crippen LogP contribution in [0.4, 0.5) is 0 Å². The number of hydrazine groups is 1. The zero-order chi connectivity index (χ0) is 7.14. The average molecular weight is 140 g/mol. The van der Waals surface area contributed by atoms with Crippen molar-refractivity contribution in [1.29, 1.82) is 0 Å². The fourth-order valence-corrected chi connectivity index (χ4v) is 2.71. The molecule has 0 aromatic heterocycles. The fraction of sp³-hybridized carbons (Fsp3) is 1.00. The molecule has 2 nitrogen and oxygen atoms in total. The van der Waals surface area contributed by atoms with E-state index in [0.717, 1.165) is 11.8 Å². The maximum atomic E-state index is 5.72. The van der Waals surface area contributed by atoms with E-state index in [4.69, 9.17) is 5.84 Å². The van der Waals surface area contributed by atoms with Gasteiger partial charge in [-0.1, -0.05) is 6.42 Å². The van der Waals surface area contributed by atoms with Gasteiger partial charge in [-0.25, -0.2) is 5.01 Å². The molecule has 0 saturated heterocycles. The van der Waals surface area contributed by atoms with Crippen LogP contribution in [-0.2, 0) is 0 Å². The van der Waals surface area contributed by atoms with Gasteiger partial charge in [-0.3, -0.25) is 5.84 Å². The molecule has 2 aliphatic rings. The molecular weight excluding hydrogens is 124 g/mol. The Balaban J connectivity index is 2.02. The van der Waals surface area contributed by atoms with Crippen molar-refractivity contribution < 1.29 is 0 Å². The highest BCUT2D eigenvalue weighted by Crippen LogP contribution is 2.45. The molecule has 2 rings (SSSR count). The van der Waals surface area contributed by atoms with Gasteiger partial charge in [-0.05, 0) is 31.1 Å². The normalized spacial score (nSPS) is 45.3. The van der Waals surface area contributed by atoms with Crippen LogP contribution < -0.4 is 5.84 Å². The minimum atomic E-state index is 0.707. The van der Waals surface area contributed by atoms with E-state index < -0.39 is 0 Å². The van der Waals surface area contributed by atoms with Gasteiger partial charge in [0.2, 0.25) is 0 Å². The lowest BCUT2D eigenvalue weighted by Crippen LogP contribution is -2.40. The second-order valence-corrected chi connectivity index (χ2v) is 3.91. The molecule has 2 saturated carbocycles. The smallest absolute Gasteiger partial charge is 0.0269 e. The van der Waals surface area contributed by atoms with E-state index in [1.165, 1.54) is 25.7 Å². The molecule has 2 heteroatoms. The SMILES string of the molecule is CN(N)C1CC2CCC1C2. The van der Waals surface area contributed by atoms with Crippen LogP contribution in [0.15, 0.2) is 0 Å². The molecule has 3 atom stereocenters. The van der Waals surface area contributed by atoms with E-state index in [9.17, 15) is 0 Å². The van der Waals surface area contributed by atoms with Gasteiger partial charge in [-0.15, -0.1) is 0 Å². The molecule has 2 fully saturated rings. The van der Waals surface area contributed by atoms with Crippen LogP contribution in [0.1, 0.15) is 25.7 Å². The molecule has 58 valence electrons. The summed E-state index contributed by atoms with van der Waals surface area (Å²) in [4.78, 5) is 0. The Bertz CT molecular complexity index is 133. The quantitative estimate of drug-likeness (QED) is 0.434. The third-order valence-corrected chi connectivity index (χ3v) is 3.22. The van der Waals surface area contributed by atoms with Crippen molar-refractivity contribution in [3.8, 4) is 0 Å². The number of rotatable bonds is 1. The minimum absolute atomic E-state index is 0.707. The summed E-state index contributed by atoms with van der Waals surface area (Å²) < 4.78 is 0. The summed E-state index contributed by atoms with van der Waals surface area (Å²) in [7, 11) is 2.01. The van der Waals surface area contributed by atoms with Gasteiger partial charge in [-0.2, -0.15) is 0 Å². The Morgan fingerprint density at radius 1 is 1.30 bits per heavy atom. The highest BCUT2D eigenvalue weighted by molar-refractivity contribution is 4.93. The van der Waals surface area contributed by atoms with Gasteiger partial charge in [0.25, 0.3) is 0 Å². The molecule has 0 spiro atoms. The third-order valence-electron chi connectivity index (χ3n) is 3.22. The zero-order valence-electron chi connectivity index (χ0n) is 6.59. The molecule has 0 aromatic carbocycles. The lowest BCUT2D eigenvalue weighted by molar-refractivity contribution is 0.179. The van der Waals surface area contributed by atoms with Crippen LogP contribution >= 0.6 is 0 Å². The molecular formula is C8H16N2. The molecule has 0 aromatic rings. The summed E-state index contributed by atoms with van der Waals surface area (Å²) >= 11 is 0. The molecule has 2 bridgehead atoms. The summed E-state index contributed by atoms with van der Waals surface area (Å²) in [5.74, 6) is 7.66. The van der Waals surface area contributed by atoms with Crippen LogP contribution in [0.3, 0.4) is 0 Å². The van der Waals surface area contributed by atoms with Crippen molar-refractivity contribution in [2.75, 3.05) is 7.05 Å². The van der Waals surface area contributed by atoms with Gasteiger partial charge in [0.15, 0.2) is 0 Å². The predicted molar refractivity (Wildman–Crippen MR) is 41.2 cm³/mol. The van der Waals surface area contributed by atoms with E-state index in [1.807, 2.05) is 12.1 Å². The molecule has 0 radical (unpaired) electrons.